The van der Waals surface area contributed by atoms with Crippen LogP contribution in [0.2, 0.25) is 0 Å². The van der Waals surface area contributed by atoms with E-state index in [0.717, 1.165) is 53.7 Å². The van der Waals surface area contributed by atoms with E-state index in [1.54, 1.807) is 15.3 Å². The summed E-state index contributed by atoms with van der Waals surface area (Å²) in [5, 5.41) is 4.48. The third-order valence-electron chi connectivity index (χ3n) is 6.85. The van der Waals surface area contributed by atoms with Gasteiger partial charge in [0.05, 0.1) is 24.9 Å². The lowest BCUT2D eigenvalue weighted by Gasteiger charge is -2.30. The van der Waals surface area contributed by atoms with Gasteiger partial charge in [0, 0.05) is 41.6 Å². The zero-order valence-corrected chi connectivity index (χ0v) is 19.3. The lowest BCUT2D eigenvalue weighted by atomic mass is 9.90. The Labute approximate surface area is 191 Å². The number of pyridine rings is 1. The van der Waals surface area contributed by atoms with Crippen LogP contribution in [0.4, 0.5) is 0 Å². The Hall–Kier alpha value is -1.71. The van der Waals surface area contributed by atoms with Crippen molar-refractivity contribution in [1.29, 1.82) is 0 Å². The van der Waals surface area contributed by atoms with E-state index >= 15 is 0 Å². The Bertz CT molecular complexity index is 1160. The van der Waals surface area contributed by atoms with Crippen LogP contribution in [0.5, 0.6) is 0 Å². The van der Waals surface area contributed by atoms with Gasteiger partial charge in [-0.25, -0.2) is 9.97 Å². The maximum Gasteiger partial charge on any atom is 0.172 e. The SMILES string of the molecule is CN1CCCC1c1nc(-c2cn(S)c3ncc(C4=CCC5(CC4)OCCO5)cc23)cs1. The lowest BCUT2D eigenvalue weighted by molar-refractivity contribution is -0.159. The van der Waals surface area contributed by atoms with Gasteiger partial charge < -0.3 is 9.47 Å². The maximum atomic E-state index is 5.86. The maximum absolute atomic E-state index is 5.86. The number of nitrogens with zero attached hydrogens (tertiary/aromatic N) is 4. The second-order valence-corrected chi connectivity index (χ2v) is 10.1. The summed E-state index contributed by atoms with van der Waals surface area (Å²) in [5.41, 5.74) is 5.44. The quantitative estimate of drug-likeness (QED) is 0.569. The number of hydrogen-bond donors (Lipinski definition) is 1. The molecule has 0 N–H and O–H groups in total. The average Bonchev–Trinajstić information content (AvgIpc) is 3.57. The number of hydrogen-bond acceptors (Lipinski definition) is 7. The highest BCUT2D eigenvalue weighted by Gasteiger charge is 2.37. The molecule has 0 amide bonds. The number of allylic oxidation sites excluding steroid dienone is 1. The first-order valence-electron chi connectivity index (χ1n) is 11.0. The average molecular weight is 455 g/mol. The molecular formula is C23H26N4O2S2. The normalized spacial score (nSPS) is 23.8. The van der Waals surface area contributed by atoms with Crippen molar-refractivity contribution in [3.05, 3.63) is 40.5 Å². The molecule has 3 aliphatic rings. The molecule has 1 atom stereocenters. The van der Waals surface area contributed by atoms with Crippen LogP contribution in [0, 0.1) is 0 Å². The van der Waals surface area contributed by atoms with Gasteiger partial charge in [-0.15, -0.1) is 11.3 Å². The molecule has 2 fully saturated rings. The molecular weight excluding hydrogens is 428 g/mol. The van der Waals surface area contributed by atoms with Crippen molar-refractivity contribution in [3.8, 4) is 11.3 Å². The van der Waals surface area contributed by atoms with Crippen molar-refractivity contribution in [2.45, 2.75) is 43.9 Å². The van der Waals surface area contributed by atoms with Crippen LogP contribution in [0.25, 0.3) is 27.9 Å². The fourth-order valence-electron chi connectivity index (χ4n) is 5.09. The van der Waals surface area contributed by atoms with Crippen molar-refractivity contribution in [1.82, 2.24) is 18.8 Å². The molecule has 31 heavy (non-hydrogen) atoms. The Morgan fingerprint density at radius 3 is 2.90 bits per heavy atom. The van der Waals surface area contributed by atoms with Gasteiger partial charge >= 0.3 is 0 Å². The Kier molecular flexibility index (Phi) is 4.96. The molecule has 2 saturated heterocycles. The lowest BCUT2D eigenvalue weighted by Crippen LogP contribution is -2.31. The number of likely N-dealkylation sites (tertiary alicyclic amines) is 1. The predicted octanol–water partition coefficient (Wildman–Crippen LogP) is 4.93. The topological polar surface area (TPSA) is 52.4 Å². The molecule has 0 radical (unpaired) electrons. The molecule has 3 aromatic heterocycles. The minimum atomic E-state index is -0.398. The van der Waals surface area contributed by atoms with Crippen LogP contribution in [0.1, 0.15) is 48.7 Å². The Balaban J connectivity index is 1.34. The number of rotatable bonds is 3. The Morgan fingerprint density at radius 1 is 1.29 bits per heavy atom. The summed E-state index contributed by atoms with van der Waals surface area (Å²) in [6.45, 7) is 2.54. The van der Waals surface area contributed by atoms with E-state index in [9.17, 15) is 0 Å². The molecule has 1 spiro atoms. The van der Waals surface area contributed by atoms with E-state index in [1.807, 2.05) is 12.4 Å². The van der Waals surface area contributed by atoms with E-state index in [0.29, 0.717) is 19.3 Å². The highest BCUT2D eigenvalue weighted by atomic mass is 32.1. The standard InChI is InChI=1S/C23H26N4O2S2/c1-26-8-2-3-20(26)22-25-19(14-31-22)18-13-27(30)21-17(18)11-16(12-24-21)15-4-6-23(7-5-15)28-9-10-29-23/h4,11-14,20,30H,2-3,5-10H2,1H3. The number of aromatic nitrogens is 3. The van der Waals surface area contributed by atoms with Gasteiger partial charge in [0.15, 0.2) is 5.79 Å². The monoisotopic (exact) mass is 454 g/mol. The van der Waals surface area contributed by atoms with Gasteiger partial charge in [0.1, 0.15) is 10.7 Å². The van der Waals surface area contributed by atoms with Crippen molar-refractivity contribution in [2.24, 2.45) is 0 Å². The molecule has 5 heterocycles. The number of thiazole rings is 1. The number of thiol groups is 1. The summed E-state index contributed by atoms with van der Waals surface area (Å²) >= 11 is 6.38. The van der Waals surface area contributed by atoms with Gasteiger partial charge in [-0.1, -0.05) is 18.9 Å². The summed E-state index contributed by atoms with van der Waals surface area (Å²) < 4.78 is 13.5. The van der Waals surface area contributed by atoms with E-state index in [2.05, 4.69) is 42.3 Å². The predicted molar refractivity (Wildman–Crippen MR) is 126 cm³/mol. The third-order valence-corrected chi connectivity index (χ3v) is 8.10. The molecule has 2 aliphatic heterocycles. The minimum Gasteiger partial charge on any atom is -0.347 e. The van der Waals surface area contributed by atoms with Crippen LogP contribution in [0.3, 0.4) is 0 Å². The van der Waals surface area contributed by atoms with Crippen molar-refractivity contribution in [2.75, 3.05) is 26.8 Å². The van der Waals surface area contributed by atoms with Gasteiger partial charge in [0.2, 0.25) is 0 Å². The van der Waals surface area contributed by atoms with E-state index < -0.39 is 5.79 Å². The molecule has 1 aliphatic carbocycles. The number of ether oxygens (including phenoxy) is 2. The molecule has 3 aromatic rings. The number of fused-ring (bicyclic) bond motifs is 1. The van der Waals surface area contributed by atoms with Crippen molar-refractivity contribution >= 4 is 40.8 Å². The van der Waals surface area contributed by atoms with Gasteiger partial charge in [0.25, 0.3) is 0 Å². The second-order valence-electron chi connectivity index (χ2n) is 8.73. The largest absolute Gasteiger partial charge is 0.347 e. The van der Waals surface area contributed by atoms with Gasteiger partial charge in [-0.2, -0.15) is 0 Å². The van der Waals surface area contributed by atoms with E-state index in [4.69, 9.17) is 19.4 Å². The minimum absolute atomic E-state index is 0.398. The summed E-state index contributed by atoms with van der Waals surface area (Å²) in [4.78, 5) is 12.2. The van der Waals surface area contributed by atoms with Gasteiger partial charge in [-0.05, 0) is 50.1 Å². The van der Waals surface area contributed by atoms with Crippen LogP contribution < -0.4 is 0 Å². The summed E-state index contributed by atoms with van der Waals surface area (Å²) in [6.07, 6.45) is 11.3. The summed E-state index contributed by atoms with van der Waals surface area (Å²) in [6, 6.07) is 2.68. The van der Waals surface area contributed by atoms with Crippen molar-refractivity contribution < 1.29 is 9.47 Å². The zero-order valence-electron chi connectivity index (χ0n) is 17.6. The molecule has 162 valence electrons. The van der Waals surface area contributed by atoms with Crippen LogP contribution in [-0.4, -0.2) is 51.4 Å². The van der Waals surface area contributed by atoms with E-state index in [-0.39, 0.29) is 0 Å². The smallest absolute Gasteiger partial charge is 0.172 e. The van der Waals surface area contributed by atoms with Crippen LogP contribution >= 0.6 is 24.2 Å². The first-order valence-corrected chi connectivity index (χ1v) is 12.2. The zero-order chi connectivity index (χ0) is 21.0. The third kappa shape index (κ3) is 3.45. The molecule has 8 heteroatoms. The van der Waals surface area contributed by atoms with Crippen LogP contribution in [-0.2, 0) is 9.47 Å². The van der Waals surface area contributed by atoms with E-state index in [1.165, 1.54) is 23.4 Å². The van der Waals surface area contributed by atoms with Crippen LogP contribution in [0.15, 0.2) is 29.9 Å². The first kappa shape index (κ1) is 19.9. The van der Waals surface area contributed by atoms with Gasteiger partial charge in [-0.3, -0.25) is 8.87 Å². The summed E-state index contributed by atoms with van der Waals surface area (Å²) in [5.74, 6) is -0.398. The fourth-order valence-corrected chi connectivity index (χ4v) is 6.38. The summed E-state index contributed by atoms with van der Waals surface area (Å²) in [7, 11) is 2.19. The highest BCUT2D eigenvalue weighted by molar-refractivity contribution is 7.78. The molecule has 1 unspecified atom stereocenters. The molecule has 0 saturated carbocycles. The van der Waals surface area contributed by atoms with Crippen molar-refractivity contribution in [3.63, 3.8) is 0 Å². The fraction of sp³-hybridized carbons (Fsp3) is 0.478. The second kappa shape index (κ2) is 7.71. The molecule has 6 rings (SSSR count). The first-order chi connectivity index (χ1) is 15.1. The molecule has 6 nitrogen and oxygen atoms in total. The highest BCUT2D eigenvalue weighted by Crippen LogP contribution is 2.40. The molecule has 0 aromatic carbocycles. The molecule has 0 bridgehead atoms. The Morgan fingerprint density at radius 2 is 2.16 bits per heavy atom.